The number of hydrogen-bond donors (Lipinski definition) is 1. The van der Waals surface area contributed by atoms with Crippen molar-refractivity contribution in [3.63, 3.8) is 0 Å². The molecule has 116 valence electrons. The Morgan fingerprint density at radius 2 is 2.19 bits per heavy atom. The minimum Gasteiger partial charge on any atom is -0.493 e. The zero-order chi connectivity index (χ0) is 15.7. The molecule has 0 aliphatic carbocycles. The predicted octanol–water partition coefficient (Wildman–Crippen LogP) is 2.75. The van der Waals surface area contributed by atoms with Gasteiger partial charge in [-0.25, -0.2) is 4.79 Å². The lowest BCUT2D eigenvalue weighted by atomic mass is 10.1. The second-order valence-corrected chi connectivity index (χ2v) is 3.93. The maximum atomic E-state index is 12.2. The minimum absolute atomic E-state index is 0.0328. The monoisotopic (exact) mass is 301 g/mol. The van der Waals surface area contributed by atoms with Crippen LogP contribution >= 0.6 is 0 Å². The van der Waals surface area contributed by atoms with E-state index in [9.17, 15) is 13.6 Å². The van der Waals surface area contributed by atoms with Crippen molar-refractivity contribution in [3.05, 3.63) is 36.4 Å². The third-order valence-electron chi connectivity index (χ3n) is 2.46. The zero-order valence-corrected chi connectivity index (χ0v) is 11.6. The molecule has 5 nitrogen and oxygen atoms in total. The third-order valence-corrected chi connectivity index (χ3v) is 2.46. The molecule has 0 bridgehead atoms. The fourth-order valence-corrected chi connectivity index (χ4v) is 1.56. The van der Waals surface area contributed by atoms with E-state index in [1.54, 1.807) is 12.1 Å². The highest BCUT2D eigenvalue weighted by Crippen LogP contribution is 2.29. The molecule has 0 saturated carbocycles. The lowest BCUT2D eigenvalue weighted by Crippen LogP contribution is -2.26. The summed E-state index contributed by atoms with van der Waals surface area (Å²) in [7, 11) is 1.36. The fraction of sp³-hybridized carbons (Fsp3) is 0.357. The second-order valence-electron chi connectivity index (χ2n) is 3.93. The van der Waals surface area contributed by atoms with Crippen LogP contribution in [0.3, 0.4) is 0 Å². The summed E-state index contributed by atoms with van der Waals surface area (Å²) in [5, 5.41) is 2.55. The Labute approximate surface area is 121 Å². The summed E-state index contributed by atoms with van der Waals surface area (Å²) in [5.41, 5.74) is 0.803. The molecule has 0 unspecified atom stereocenters. The topological polar surface area (TPSA) is 56.8 Å². The summed E-state index contributed by atoms with van der Waals surface area (Å²) < 4.78 is 38.4. The Kier molecular flexibility index (Phi) is 7.00. The van der Waals surface area contributed by atoms with E-state index in [4.69, 9.17) is 9.47 Å². The number of rotatable bonds is 8. The van der Waals surface area contributed by atoms with Crippen molar-refractivity contribution in [2.24, 2.45) is 0 Å². The van der Waals surface area contributed by atoms with Gasteiger partial charge in [-0.3, -0.25) is 0 Å². The van der Waals surface area contributed by atoms with Gasteiger partial charge in [-0.15, -0.1) is 0 Å². The first-order chi connectivity index (χ1) is 10.1. The number of nitrogens with one attached hydrogen (secondary N) is 1. The molecule has 1 aromatic rings. The van der Waals surface area contributed by atoms with Crippen LogP contribution in [0.15, 0.2) is 30.9 Å². The van der Waals surface area contributed by atoms with Crippen LogP contribution in [0, 0.1) is 0 Å². The standard InChI is InChI=1S/C14H17F2NO4/c1-3-8-20-14(18)17-7-6-10-4-5-11(21-13(15)16)12(9-10)19-2/h3-5,9,13H,1,6-8H2,2H3,(H,17,18). The van der Waals surface area contributed by atoms with Gasteiger partial charge in [0.25, 0.3) is 0 Å². The van der Waals surface area contributed by atoms with E-state index >= 15 is 0 Å². The molecule has 0 aliphatic heterocycles. The quantitative estimate of drug-likeness (QED) is 0.750. The number of alkyl halides is 2. The average molecular weight is 301 g/mol. The lowest BCUT2D eigenvalue weighted by molar-refractivity contribution is -0.0512. The molecule has 7 heteroatoms. The third kappa shape index (κ3) is 6.11. The van der Waals surface area contributed by atoms with Crippen LogP contribution in [0.1, 0.15) is 5.56 Å². The van der Waals surface area contributed by atoms with Crippen LogP contribution in [0.5, 0.6) is 11.5 Å². The number of carbonyl (C=O) groups excluding carboxylic acids is 1. The van der Waals surface area contributed by atoms with E-state index in [1.807, 2.05) is 0 Å². The first-order valence-electron chi connectivity index (χ1n) is 6.20. The first-order valence-corrected chi connectivity index (χ1v) is 6.20. The number of amides is 1. The SMILES string of the molecule is C=CCOC(=O)NCCc1ccc(OC(F)F)c(OC)c1. The van der Waals surface area contributed by atoms with Crippen molar-refractivity contribution in [2.75, 3.05) is 20.3 Å². The summed E-state index contributed by atoms with van der Waals surface area (Å²) in [4.78, 5) is 11.2. The van der Waals surface area contributed by atoms with E-state index < -0.39 is 12.7 Å². The number of methoxy groups -OCH3 is 1. The van der Waals surface area contributed by atoms with Gasteiger partial charge >= 0.3 is 12.7 Å². The first kappa shape index (κ1) is 16.7. The van der Waals surface area contributed by atoms with Crippen molar-refractivity contribution in [1.29, 1.82) is 0 Å². The fourth-order valence-electron chi connectivity index (χ4n) is 1.56. The number of benzene rings is 1. The Morgan fingerprint density at radius 3 is 2.81 bits per heavy atom. The molecule has 0 saturated heterocycles. The molecule has 0 spiro atoms. The van der Waals surface area contributed by atoms with Gasteiger partial charge < -0.3 is 19.5 Å². The normalized spacial score (nSPS) is 10.1. The lowest BCUT2D eigenvalue weighted by Gasteiger charge is -2.11. The molecule has 1 aromatic carbocycles. The van der Waals surface area contributed by atoms with Gasteiger partial charge in [-0.05, 0) is 24.1 Å². The summed E-state index contributed by atoms with van der Waals surface area (Å²) in [6, 6.07) is 4.60. The molecule has 0 radical (unpaired) electrons. The molecule has 0 heterocycles. The number of carbonyl (C=O) groups is 1. The maximum Gasteiger partial charge on any atom is 0.407 e. The number of alkyl carbamates (subject to hydrolysis) is 1. The van der Waals surface area contributed by atoms with Gasteiger partial charge in [0, 0.05) is 6.54 Å². The molecule has 1 N–H and O–H groups in total. The van der Waals surface area contributed by atoms with Gasteiger partial charge in [0.2, 0.25) is 0 Å². The van der Waals surface area contributed by atoms with Crippen LogP contribution in [-0.2, 0) is 11.2 Å². The highest BCUT2D eigenvalue weighted by molar-refractivity contribution is 5.67. The van der Waals surface area contributed by atoms with Crippen LogP contribution in [0.25, 0.3) is 0 Å². The van der Waals surface area contributed by atoms with Gasteiger partial charge in [-0.1, -0.05) is 18.7 Å². The molecule has 0 aliphatic rings. The molecule has 21 heavy (non-hydrogen) atoms. The average Bonchev–Trinajstić information content (AvgIpc) is 2.46. The molecule has 1 rings (SSSR count). The molecular formula is C14H17F2NO4. The van der Waals surface area contributed by atoms with Crippen LogP contribution < -0.4 is 14.8 Å². The molecule has 0 fully saturated rings. The van der Waals surface area contributed by atoms with Gasteiger partial charge in [0.05, 0.1) is 7.11 Å². The van der Waals surface area contributed by atoms with Crippen molar-refractivity contribution in [3.8, 4) is 11.5 Å². The zero-order valence-electron chi connectivity index (χ0n) is 11.6. The van der Waals surface area contributed by atoms with Crippen LogP contribution in [0.2, 0.25) is 0 Å². The van der Waals surface area contributed by atoms with Crippen molar-refractivity contribution >= 4 is 6.09 Å². The van der Waals surface area contributed by atoms with Gasteiger partial charge in [-0.2, -0.15) is 8.78 Å². The van der Waals surface area contributed by atoms with E-state index in [2.05, 4.69) is 16.6 Å². The Morgan fingerprint density at radius 1 is 1.43 bits per heavy atom. The van der Waals surface area contributed by atoms with E-state index in [0.717, 1.165) is 5.56 Å². The number of halogens is 2. The summed E-state index contributed by atoms with van der Waals surface area (Å²) >= 11 is 0. The van der Waals surface area contributed by atoms with Gasteiger partial charge in [0.1, 0.15) is 6.61 Å². The van der Waals surface area contributed by atoms with Crippen LogP contribution in [0.4, 0.5) is 13.6 Å². The van der Waals surface area contributed by atoms with Crippen molar-refractivity contribution in [1.82, 2.24) is 5.32 Å². The highest BCUT2D eigenvalue weighted by atomic mass is 19.3. The van der Waals surface area contributed by atoms with Crippen molar-refractivity contribution in [2.45, 2.75) is 13.0 Å². The van der Waals surface area contributed by atoms with Crippen LogP contribution in [-0.4, -0.2) is 33.0 Å². The van der Waals surface area contributed by atoms with E-state index in [0.29, 0.717) is 13.0 Å². The highest BCUT2D eigenvalue weighted by Gasteiger charge is 2.11. The number of hydrogen-bond acceptors (Lipinski definition) is 4. The smallest absolute Gasteiger partial charge is 0.407 e. The predicted molar refractivity (Wildman–Crippen MR) is 72.9 cm³/mol. The van der Waals surface area contributed by atoms with Crippen molar-refractivity contribution < 1.29 is 27.8 Å². The van der Waals surface area contributed by atoms with E-state index in [-0.39, 0.29) is 18.1 Å². The Hall–Kier alpha value is -2.31. The summed E-state index contributed by atoms with van der Waals surface area (Å²) in [5.74, 6) is 0.177. The molecule has 1 amide bonds. The van der Waals surface area contributed by atoms with E-state index in [1.165, 1.54) is 19.3 Å². The molecule has 0 aromatic heterocycles. The summed E-state index contributed by atoms with van der Waals surface area (Å²) in [6.07, 6.45) is 1.42. The molecular weight excluding hydrogens is 284 g/mol. The number of ether oxygens (including phenoxy) is 3. The Bertz CT molecular complexity index is 480. The van der Waals surface area contributed by atoms with Gasteiger partial charge in [0.15, 0.2) is 11.5 Å². The Balaban J connectivity index is 2.52. The maximum absolute atomic E-state index is 12.2. The minimum atomic E-state index is -2.91. The second kappa shape index (κ2) is 8.78. The largest absolute Gasteiger partial charge is 0.493 e. The summed E-state index contributed by atoms with van der Waals surface area (Å²) in [6.45, 7) is 0.993. The molecule has 0 atom stereocenters.